The van der Waals surface area contributed by atoms with Gasteiger partial charge < -0.3 is 9.64 Å². The minimum Gasteiger partial charge on any atom is -0.426 e. The van der Waals surface area contributed by atoms with Gasteiger partial charge in [0.05, 0.1) is 23.4 Å². The van der Waals surface area contributed by atoms with Gasteiger partial charge in [0.2, 0.25) is 17.7 Å². The molecule has 5 rings (SSSR count). The number of benzene rings is 2. The van der Waals surface area contributed by atoms with Gasteiger partial charge in [0.15, 0.2) is 0 Å². The van der Waals surface area contributed by atoms with Crippen molar-refractivity contribution in [2.45, 2.75) is 33.6 Å². The molecule has 35 heavy (non-hydrogen) atoms. The lowest BCUT2D eigenvalue weighted by Crippen LogP contribution is -2.31. The fraction of sp³-hybridized carbons (Fsp3) is 0.357. The number of imide groups is 1. The van der Waals surface area contributed by atoms with Crippen LogP contribution in [0.25, 0.3) is 0 Å². The third-order valence-corrected chi connectivity index (χ3v) is 7.45. The number of hydrogen-bond donors (Lipinski definition) is 0. The van der Waals surface area contributed by atoms with E-state index >= 15 is 0 Å². The van der Waals surface area contributed by atoms with Crippen LogP contribution in [0.5, 0.6) is 5.75 Å². The van der Waals surface area contributed by atoms with Crippen LogP contribution in [0.4, 0.5) is 11.4 Å². The average molecular weight is 473 g/mol. The topological polar surface area (TPSA) is 84.0 Å². The SMILES string of the molecule is Cc1ccc(N2C[C@H](C(=O)Oc3ccc(N4C(=O)[C@@H]5[C@H](C)C=CC[C@H]5C4=O)cc3)CC2=O)cc1C. The zero-order chi connectivity index (χ0) is 24.9. The second kappa shape index (κ2) is 8.80. The lowest BCUT2D eigenvalue weighted by molar-refractivity contribution is -0.139. The molecule has 3 aliphatic rings. The highest BCUT2D eigenvalue weighted by atomic mass is 16.5. The zero-order valence-corrected chi connectivity index (χ0v) is 20.1. The first-order valence-corrected chi connectivity index (χ1v) is 12.0. The number of anilines is 2. The fourth-order valence-corrected chi connectivity index (χ4v) is 5.27. The van der Waals surface area contributed by atoms with Crippen molar-refractivity contribution in [3.8, 4) is 5.75 Å². The Morgan fingerprint density at radius 1 is 0.943 bits per heavy atom. The Balaban J connectivity index is 1.25. The van der Waals surface area contributed by atoms with E-state index in [9.17, 15) is 19.2 Å². The number of carbonyl (C=O) groups is 4. The standard InChI is InChI=1S/C28H28N2O5/c1-16-7-8-21(13-18(16)3)29-15-19(14-24(29)31)28(34)35-22-11-9-20(10-12-22)30-26(32)23-6-4-5-17(2)25(23)27(30)33/h4-5,7-13,17,19,23,25H,6,14-15H2,1-3H3/t17-,19-,23-,25-/m1/s1. The highest BCUT2D eigenvalue weighted by Crippen LogP contribution is 2.40. The Morgan fingerprint density at radius 2 is 1.66 bits per heavy atom. The van der Waals surface area contributed by atoms with Crippen molar-refractivity contribution in [3.63, 3.8) is 0 Å². The maximum atomic E-state index is 13.0. The van der Waals surface area contributed by atoms with Gasteiger partial charge in [-0.25, -0.2) is 0 Å². The molecule has 7 heteroatoms. The van der Waals surface area contributed by atoms with E-state index in [0.29, 0.717) is 17.9 Å². The average Bonchev–Trinajstić information content (AvgIpc) is 3.34. The molecule has 0 unspecified atom stereocenters. The number of hydrogen-bond acceptors (Lipinski definition) is 5. The molecule has 0 radical (unpaired) electrons. The fourth-order valence-electron chi connectivity index (χ4n) is 5.27. The molecule has 7 nitrogen and oxygen atoms in total. The van der Waals surface area contributed by atoms with Crippen LogP contribution < -0.4 is 14.5 Å². The molecule has 2 aromatic rings. The quantitative estimate of drug-likeness (QED) is 0.291. The van der Waals surface area contributed by atoms with Crippen molar-refractivity contribution in [2.24, 2.45) is 23.7 Å². The smallest absolute Gasteiger partial charge is 0.316 e. The van der Waals surface area contributed by atoms with E-state index in [4.69, 9.17) is 4.74 Å². The van der Waals surface area contributed by atoms with Gasteiger partial charge in [-0.15, -0.1) is 0 Å². The molecule has 2 saturated heterocycles. The number of allylic oxidation sites excluding steroid dienone is 2. The second-order valence-corrected chi connectivity index (χ2v) is 9.76. The molecule has 2 aromatic carbocycles. The number of ether oxygens (including phenoxy) is 1. The molecule has 1 aliphatic carbocycles. The van der Waals surface area contributed by atoms with Gasteiger partial charge in [-0.2, -0.15) is 0 Å². The number of fused-ring (bicyclic) bond motifs is 1. The van der Waals surface area contributed by atoms with E-state index in [2.05, 4.69) is 0 Å². The van der Waals surface area contributed by atoms with Gasteiger partial charge in [0.25, 0.3) is 0 Å². The molecule has 2 aliphatic heterocycles. The van der Waals surface area contributed by atoms with Gasteiger partial charge in [-0.1, -0.05) is 25.1 Å². The molecule has 0 N–H and O–H groups in total. The van der Waals surface area contributed by atoms with E-state index < -0.39 is 11.9 Å². The summed E-state index contributed by atoms with van der Waals surface area (Å²) >= 11 is 0. The molecule has 0 spiro atoms. The van der Waals surface area contributed by atoms with Crippen LogP contribution in [0.2, 0.25) is 0 Å². The zero-order valence-electron chi connectivity index (χ0n) is 20.1. The number of aryl methyl sites for hydroxylation is 2. The first-order chi connectivity index (χ1) is 16.7. The van der Waals surface area contributed by atoms with E-state index in [1.807, 2.05) is 51.1 Å². The Kier molecular flexibility index (Phi) is 5.79. The molecular formula is C28H28N2O5. The lowest BCUT2D eigenvalue weighted by Gasteiger charge is -2.22. The monoisotopic (exact) mass is 472 g/mol. The van der Waals surface area contributed by atoms with Crippen molar-refractivity contribution >= 4 is 35.1 Å². The summed E-state index contributed by atoms with van der Waals surface area (Å²) in [7, 11) is 0. The summed E-state index contributed by atoms with van der Waals surface area (Å²) < 4.78 is 5.54. The number of carbonyl (C=O) groups excluding carboxylic acids is 4. The molecule has 3 amide bonds. The summed E-state index contributed by atoms with van der Waals surface area (Å²) in [6, 6.07) is 12.2. The minimum atomic E-state index is -0.567. The molecule has 4 atom stereocenters. The highest BCUT2D eigenvalue weighted by Gasteiger charge is 2.50. The Hall–Kier alpha value is -3.74. The molecule has 0 bridgehead atoms. The second-order valence-electron chi connectivity index (χ2n) is 9.76. The Labute approximate surface area is 204 Å². The van der Waals surface area contributed by atoms with Gasteiger partial charge in [-0.3, -0.25) is 24.1 Å². The van der Waals surface area contributed by atoms with E-state index in [-0.39, 0.29) is 48.4 Å². The maximum absolute atomic E-state index is 13.0. The summed E-state index contributed by atoms with van der Waals surface area (Å²) in [4.78, 5) is 54.1. The third-order valence-electron chi connectivity index (χ3n) is 7.45. The molecule has 2 heterocycles. The minimum absolute atomic E-state index is 0.0212. The normalized spacial score (nSPS) is 25.9. The molecule has 0 aromatic heterocycles. The number of amides is 3. The van der Waals surface area contributed by atoms with Crippen molar-refractivity contribution in [1.82, 2.24) is 0 Å². The van der Waals surface area contributed by atoms with E-state index in [1.54, 1.807) is 29.2 Å². The first kappa shape index (κ1) is 23.0. The predicted molar refractivity (Wildman–Crippen MR) is 131 cm³/mol. The molecule has 180 valence electrons. The Morgan fingerprint density at radius 3 is 2.34 bits per heavy atom. The third kappa shape index (κ3) is 4.05. The van der Waals surface area contributed by atoms with Gasteiger partial charge in [0.1, 0.15) is 5.75 Å². The van der Waals surface area contributed by atoms with E-state index in [0.717, 1.165) is 16.8 Å². The van der Waals surface area contributed by atoms with Gasteiger partial charge in [0, 0.05) is 18.7 Å². The van der Waals surface area contributed by atoms with Crippen molar-refractivity contribution in [2.75, 3.05) is 16.3 Å². The van der Waals surface area contributed by atoms with Crippen LogP contribution in [0.1, 0.15) is 30.9 Å². The molecule has 0 saturated carbocycles. The van der Waals surface area contributed by atoms with Crippen LogP contribution >= 0.6 is 0 Å². The summed E-state index contributed by atoms with van der Waals surface area (Å²) in [5.41, 5.74) is 3.48. The Bertz CT molecular complexity index is 1250. The van der Waals surface area contributed by atoms with Crippen LogP contribution in [0, 0.1) is 37.5 Å². The summed E-state index contributed by atoms with van der Waals surface area (Å²) in [5.74, 6) is -1.84. The molecule has 2 fully saturated rings. The van der Waals surface area contributed by atoms with Crippen molar-refractivity contribution < 1.29 is 23.9 Å². The predicted octanol–water partition coefficient (Wildman–Crippen LogP) is 3.96. The van der Waals surface area contributed by atoms with Gasteiger partial charge in [-0.05, 0) is 73.7 Å². The van der Waals surface area contributed by atoms with E-state index in [1.165, 1.54) is 4.90 Å². The van der Waals surface area contributed by atoms with Crippen molar-refractivity contribution in [1.29, 1.82) is 0 Å². The number of rotatable bonds is 4. The summed E-state index contributed by atoms with van der Waals surface area (Å²) in [6.07, 6.45) is 4.63. The molecular weight excluding hydrogens is 444 g/mol. The maximum Gasteiger partial charge on any atom is 0.316 e. The van der Waals surface area contributed by atoms with Crippen LogP contribution in [-0.2, 0) is 19.2 Å². The highest BCUT2D eigenvalue weighted by molar-refractivity contribution is 6.22. The van der Waals surface area contributed by atoms with Crippen LogP contribution in [-0.4, -0.2) is 30.2 Å². The van der Waals surface area contributed by atoms with Gasteiger partial charge >= 0.3 is 5.97 Å². The van der Waals surface area contributed by atoms with Crippen LogP contribution in [0.3, 0.4) is 0 Å². The van der Waals surface area contributed by atoms with Crippen molar-refractivity contribution in [3.05, 3.63) is 65.7 Å². The lowest BCUT2D eigenvalue weighted by atomic mass is 9.78. The summed E-state index contributed by atoms with van der Waals surface area (Å²) in [5, 5.41) is 0. The largest absolute Gasteiger partial charge is 0.426 e. The first-order valence-electron chi connectivity index (χ1n) is 12.0. The number of esters is 1. The summed E-state index contributed by atoms with van der Waals surface area (Å²) in [6.45, 7) is 6.23. The van der Waals surface area contributed by atoms with Crippen LogP contribution in [0.15, 0.2) is 54.6 Å². The number of nitrogens with zero attached hydrogens (tertiary/aromatic N) is 2.